The molecule has 0 aliphatic carbocycles. The Bertz CT molecular complexity index is 642. The van der Waals surface area contributed by atoms with Gasteiger partial charge in [0.25, 0.3) is 0 Å². The lowest BCUT2D eigenvalue weighted by molar-refractivity contribution is 0.00578. The van der Waals surface area contributed by atoms with Crippen molar-refractivity contribution in [1.82, 2.24) is 4.90 Å². The quantitative estimate of drug-likeness (QED) is 0.759. The number of nitrogens with zero attached hydrogens (tertiary/aromatic N) is 1. The molecule has 27 heavy (non-hydrogen) atoms. The molecule has 0 N–H and O–H groups in total. The summed E-state index contributed by atoms with van der Waals surface area (Å²) in [5.74, 6) is 0. The molecule has 0 aromatic heterocycles. The lowest BCUT2D eigenvalue weighted by atomic mass is 9.74. The topological polar surface area (TPSA) is 30.9 Å². The van der Waals surface area contributed by atoms with E-state index in [9.17, 15) is 0 Å². The Morgan fingerprint density at radius 2 is 1.63 bits per heavy atom. The van der Waals surface area contributed by atoms with Crippen LogP contribution in [0.4, 0.5) is 0 Å². The van der Waals surface area contributed by atoms with Crippen molar-refractivity contribution in [2.24, 2.45) is 0 Å². The first-order chi connectivity index (χ1) is 12.5. The summed E-state index contributed by atoms with van der Waals surface area (Å²) < 4.78 is 18.3. The summed E-state index contributed by atoms with van der Waals surface area (Å²) in [5, 5.41) is 0. The van der Waals surface area contributed by atoms with Crippen LogP contribution in [-0.4, -0.2) is 49.5 Å². The Kier molecular flexibility index (Phi) is 5.80. The highest BCUT2D eigenvalue weighted by Gasteiger charge is 2.51. The summed E-state index contributed by atoms with van der Waals surface area (Å²) in [5.41, 5.74) is 3.22. The first-order valence-electron chi connectivity index (χ1n) is 10.3. The second kappa shape index (κ2) is 7.51. The molecule has 3 rings (SSSR count). The minimum absolute atomic E-state index is 0.0797. The van der Waals surface area contributed by atoms with Crippen molar-refractivity contribution in [2.45, 2.75) is 78.0 Å². The molecule has 1 aromatic rings. The molecule has 2 fully saturated rings. The van der Waals surface area contributed by atoms with Crippen LogP contribution in [-0.2, 0) is 26.0 Å². The average Bonchev–Trinajstić information content (AvgIpc) is 2.72. The summed E-state index contributed by atoms with van der Waals surface area (Å²) in [6.45, 7) is 20.0. The van der Waals surface area contributed by atoms with Crippen molar-refractivity contribution < 1.29 is 14.0 Å². The van der Waals surface area contributed by atoms with Gasteiger partial charge in [0.15, 0.2) is 0 Å². The van der Waals surface area contributed by atoms with Crippen LogP contribution < -0.4 is 5.46 Å². The normalized spacial score (nSPS) is 23.4. The van der Waals surface area contributed by atoms with Crippen molar-refractivity contribution in [3.8, 4) is 0 Å². The van der Waals surface area contributed by atoms with Gasteiger partial charge in [0.1, 0.15) is 0 Å². The van der Waals surface area contributed by atoms with Crippen molar-refractivity contribution in [2.75, 3.05) is 26.3 Å². The largest absolute Gasteiger partial charge is 0.494 e. The summed E-state index contributed by atoms with van der Waals surface area (Å²) in [7, 11) is -0.316. The maximum absolute atomic E-state index is 6.33. The Balaban J connectivity index is 1.89. The Hall–Kier alpha value is -0.875. The Morgan fingerprint density at radius 3 is 2.26 bits per heavy atom. The van der Waals surface area contributed by atoms with Gasteiger partial charge in [-0.05, 0) is 56.1 Å². The molecule has 0 atom stereocenters. The predicted molar refractivity (Wildman–Crippen MR) is 112 cm³/mol. The van der Waals surface area contributed by atoms with Crippen molar-refractivity contribution in [1.29, 1.82) is 0 Å². The molecule has 2 heterocycles. The molecule has 0 saturated carbocycles. The fourth-order valence-electron chi connectivity index (χ4n) is 3.57. The van der Waals surface area contributed by atoms with Gasteiger partial charge < -0.3 is 14.0 Å². The van der Waals surface area contributed by atoms with Gasteiger partial charge in [-0.15, -0.1) is 0 Å². The van der Waals surface area contributed by atoms with Gasteiger partial charge in [-0.25, -0.2) is 0 Å². The van der Waals surface area contributed by atoms with Gasteiger partial charge in [0, 0.05) is 26.2 Å². The molecule has 0 radical (unpaired) electrons. The third-order valence-electron chi connectivity index (χ3n) is 6.13. The van der Waals surface area contributed by atoms with E-state index in [1.54, 1.807) is 0 Å². The van der Waals surface area contributed by atoms with E-state index >= 15 is 0 Å². The van der Waals surface area contributed by atoms with Crippen LogP contribution in [0.25, 0.3) is 0 Å². The molecular weight excluding hydrogens is 337 g/mol. The zero-order valence-corrected chi connectivity index (χ0v) is 18.2. The Labute approximate surface area is 165 Å². The molecule has 1 aromatic carbocycles. The monoisotopic (exact) mass is 373 g/mol. The third kappa shape index (κ3) is 4.76. The van der Waals surface area contributed by atoms with Gasteiger partial charge in [-0.1, -0.05) is 39.0 Å². The van der Waals surface area contributed by atoms with Crippen LogP contribution in [0.3, 0.4) is 0 Å². The van der Waals surface area contributed by atoms with Gasteiger partial charge in [0.05, 0.1) is 17.8 Å². The molecule has 0 unspecified atom stereocenters. The summed E-state index contributed by atoms with van der Waals surface area (Å²) in [6, 6.07) is 6.88. The van der Waals surface area contributed by atoms with E-state index in [2.05, 4.69) is 71.6 Å². The molecule has 2 aliphatic heterocycles. The molecule has 0 spiro atoms. The van der Waals surface area contributed by atoms with Crippen LogP contribution in [0.5, 0.6) is 0 Å². The molecule has 0 amide bonds. The fourth-order valence-corrected chi connectivity index (χ4v) is 3.57. The Morgan fingerprint density at radius 1 is 0.963 bits per heavy atom. The first-order valence-corrected chi connectivity index (χ1v) is 10.3. The lowest BCUT2D eigenvalue weighted by Gasteiger charge is -2.32. The number of benzene rings is 1. The molecule has 150 valence electrons. The van der Waals surface area contributed by atoms with E-state index in [0.29, 0.717) is 0 Å². The summed E-state index contributed by atoms with van der Waals surface area (Å²) in [6.07, 6.45) is 1.10. The van der Waals surface area contributed by atoms with Crippen LogP contribution in [0.15, 0.2) is 18.2 Å². The molecule has 2 aliphatic rings. The van der Waals surface area contributed by atoms with Crippen LogP contribution in [0.1, 0.15) is 66.0 Å². The standard InChI is InChI=1S/C22H36BNO3/c1-20(2,3)18-13-17(16-24-9-8-11-25-12-10-24)14-19(15-18)23-26-21(4,5)22(6,7)27-23/h13-15H,8-12,16H2,1-7H3. The molecule has 2 saturated heterocycles. The van der Waals surface area contributed by atoms with Crippen LogP contribution >= 0.6 is 0 Å². The van der Waals surface area contributed by atoms with Gasteiger partial charge in [0.2, 0.25) is 0 Å². The van der Waals surface area contributed by atoms with Gasteiger partial charge in [-0.3, -0.25) is 4.90 Å². The lowest BCUT2D eigenvalue weighted by Crippen LogP contribution is -2.41. The van der Waals surface area contributed by atoms with Crippen molar-refractivity contribution in [3.63, 3.8) is 0 Å². The van der Waals surface area contributed by atoms with Crippen LogP contribution in [0.2, 0.25) is 0 Å². The molecule has 4 nitrogen and oxygen atoms in total. The van der Waals surface area contributed by atoms with E-state index in [1.807, 2.05) is 0 Å². The second-order valence-electron chi connectivity index (χ2n) is 10.0. The van der Waals surface area contributed by atoms with E-state index in [0.717, 1.165) is 44.7 Å². The van der Waals surface area contributed by atoms with E-state index in [1.165, 1.54) is 11.1 Å². The number of hydrogen-bond acceptors (Lipinski definition) is 4. The van der Waals surface area contributed by atoms with Gasteiger partial charge in [-0.2, -0.15) is 0 Å². The highest BCUT2D eigenvalue weighted by atomic mass is 16.7. The minimum atomic E-state index is -0.322. The zero-order valence-electron chi connectivity index (χ0n) is 18.2. The predicted octanol–water partition coefficient (Wildman–Crippen LogP) is 3.51. The number of ether oxygens (including phenoxy) is 1. The summed E-state index contributed by atoms with van der Waals surface area (Å²) >= 11 is 0. The number of hydrogen-bond donors (Lipinski definition) is 0. The van der Waals surface area contributed by atoms with E-state index < -0.39 is 0 Å². The molecule has 5 heteroatoms. The van der Waals surface area contributed by atoms with E-state index in [4.69, 9.17) is 14.0 Å². The smallest absolute Gasteiger partial charge is 0.399 e. The van der Waals surface area contributed by atoms with Crippen molar-refractivity contribution in [3.05, 3.63) is 29.3 Å². The highest BCUT2D eigenvalue weighted by molar-refractivity contribution is 6.62. The minimum Gasteiger partial charge on any atom is -0.399 e. The maximum atomic E-state index is 6.33. The van der Waals surface area contributed by atoms with Crippen molar-refractivity contribution >= 4 is 12.6 Å². The SMILES string of the molecule is CC(C)(C)c1cc(CN2CCCOCC2)cc(B2OC(C)(C)C(C)(C)O2)c1. The van der Waals surface area contributed by atoms with Crippen LogP contribution in [0, 0.1) is 0 Å². The number of rotatable bonds is 3. The average molecular weight is 373 g/mol. The molecule has 0 bridgehead atoms. The van der Waals surface area contributed by atoms with Gasteiger partial charge >= 0.3 is 7.12 Å². The fraction of sp³-hybridized carbons (Fsp3) is 0.727. The summed E-state index contributed by atoms with van der Waals surface area (Å²) in [4.78, 5) is 2.49. The maximum Gasteiger partial charge on any atom is 0.494 e. The first kappa shape index (κ1) is 20.8. The molecular formula is C22H36BNO3. The zero-order chi connectivity index (χ0) is 19.9. The highest BCUT2D eigenvalue weighted by Crippen LogP contribution is 2.37. The second-order valence-corrected chi connectivity index (χ2v) is 10.0. The third-order valence-corrected chi connectivity index (χ3v) is 6.13. The van der Waals surface area contributed by atoms with E-state index in [-0.39, 0.29) is 23.7 Å².